The summed E-state index contributed by atoms with van der Waals surface area (Å²) in [7, 11) is 0. The molecule has 1 amide bonds. The third-order valence-electron chi connectivity index (χ3n) is 2.68. The lowest BCUT2D eigenvalue weighted by molar-refractivity contribution is -0.132. The van der Waals surface area contributed by atoms with E-state index in [4.69, 9.17) is 6.42 Å². The third kappa shape index (κ3) is 4.35. The van der Waals surface area contributed by atoms with Gasteiger partial charge >= 0.3 is 0 Å². The molecule has 15 heavy (non-hydrogen) atoms. The molecular formula is C12H20N2O. The molecule has 0 saturated carbocycles. The van der Waals surface area contributed by atoms with Crippen LogP contribution in [0.25, 0.3) is 0 Å². The minimum Gasteiger partial charge on any atom is -0.340 e. The zero-order chi connectivity index (χ0) is 11.1. The molecule has 3 heteroatoms. The van der Waals surface area contributed by atoms with Crippen molar-refractivity contribution in [3.63, 3.8) is 0 Å². The molecule has 0 spiro atoms. The van der Waals surface area contributed by atoms with E-state index >= 15 is 0 Å². The molecule has 1 fully saturated rings. The van der Waals surface area contributed by atoms with Gasteiger partial charge in [0.25, 0.3) is 0 Å². The zero-order valence-electron chi connectivity index (χ0n) is 9.46. The first-order valence-corrected chi connectivity index (χ1v) is 5.68. The number of hydrogen-bond donors (Lipinski definition) is 1. The molecule has 1 aliphatic rings. The summed E-state index contributed by atoms with van der Waals surface area (Å²) >= 11 is 0. The average molecular weight is 208 g/mol. The highest BCUT2D eigenvalue weighted by Crippen LogP contribution is 2.05. The van der Waals surface area contributed by atoms with Crippen LogP contribution >= 0.6 is 0 Å². The van der Waals surface area contributed by atoms with E-state index in [1.165, 1.54) is 0 Å². The summed E-state index contributed by atoms with van der Waals surface area (Å²) in [4.78, 5) is 13.7. The number of piperazine rings is 1. The number of nitrogens with zero attached hydrogens (tertiary/aromatic N) is 1. The molecule has 1 saturated heterocycles. The molecule has 1 aliphatic heterocycles. The number of terminal acetylenes is 1. The van der Waals surface area contributed by atoms with Crippen molar-refractivity contribution in [1.29, 1.82) is 0 Å². The second-order valence-corrected chi connectivity index (χ2v) is 4.11. The van der Waals surface area contributed by atoms with Gasteiger partial charge in [0.2, 0.25) is 5.91 Å². The number of unbranched alkanes of at least 4 members (excludes halogenated alkanes) is 2. The van der Waals surface area contributed by atoms with Crippen molar-refractivity contribution in [3.8, 4) is 12.3 Å². The van der Waals surface area contributed by atoms with Gasteiger partial charge in [-0.3, -0.25) is 4.79 Å². The van der Waals surface area contributed by atoms with E-state index in [0.29, 0.717) is 12.5 Å². The summed E-state index contributed by atoms with van der Waals surface area (Å²) < 4.78 is 0. The van der Waals surface area contributed by atoms with Crippen LogP contribution in [0.5, 0.6) is 0 Å². The van der Waals surface area contributed by atoms with Crippen LogP contribution in [0, 0.1) is 12.3 Å². The largest absolute Gasteiger partial charge is 0.340 e. The quantitative estimate of drug-likeness (QED) is 0.552. The van der Waals surface area contributed by atoms with Crippen LogP contribution in [-0.2, 0) is 4.79 Å². The van der Waals surface area contributed by atoms with Gasteiger partial charge in [-0.1, -0.05) is 0 Å². The summed E-state index contributed by atoms with van der Waals surface area (Å²) in [6.45, 7) is 4.71. The van der Waals surface area contributed by atoms with Crippen molar-refractivity contribution < 1.29 is 4.79 Å². The summed E-state index contributed by atoms with van der Waals surface area (Å²) in [5.41, 5.74) is 0. The maximum Gasteiger partial charge on any atom is 0.222 e. The van der Waals surface area contributed by atoms with E-state index in [1.807, 2.05) is 4.90 Å². The minimum atomic E-state index is 0.278. The standard InChI is InChI=1S/C12H20N2O/c1-3-4-5-6-7-12(15)14-9-8-13-11(2)10-14/h1,11,13H,4-10H2,2H3/t11-/m0/s1. The van der Waals surface area contributed by atoms with E-state index in [2.05, 4.69) is 18.2 Å². The number of nitrogens with one attached hydrogen (secondary N) is 1. The number of carbonyl (C=O) groups excluding carboxylic acids is 1. The van der Waals surface area contributed by atoms with Crippen molar-refractivity contribution in [2.45, 2.75) is 38.6 Å². The highest BCUT2D eigenvalue weighted by molar-refractivity contribution is 5.76. The van der Waals surface area contributed by atoms with Gasteiger partial charge in [0.1, 0.15) is 0 Å². The van der Waals surface area contributed by atoms with E-state index in [9.17, 15) is 4.79 Å². The summed E-state index contributed by atoms with van der Waals surface area (Å²) in [6.07, 6.45) is 8.46. The molecule has 1 rings (SSSR count). The summed E-state index contributed by atoms with van der Waals surface area (Å²) in [5, 5.41) is 3.32. The minimum absolute atomic E-state index is 0.278. The Morgan fingerprint density at radius 3 is 3.07 bits per heavy atom. The van der Waals surface area contributed by atoms with Crippen LogP contribution in [-0.4, -0.2) is 36.5 Å². The Bertz CT molecular complexity index is 244. The molecule has 0 aliphatic carbocycles. The first kappa shape index (κ1) is 12.1. The van der Waals surface area contributed by atoms with E-state index in [-0.39, 0.29) is 5.91 Å². The zero-order valence-corrected chi connectivity index (χ0v) is 9.46. The lowest BCUT2D eigenvalue weighted by Crippen LogP contribution is -2.51. The Balaban J connectivity index is 2.18. The first-order valence-electron chi connectivity index (χ1n) is 5.68. The van der Waals surface area contributed by atoms with Gasteiger partial charge in [0.05, 0.1) is 0 Å². The van der Waals surface area contributed by atoms with Crippen LogP contribution in [0.15, 0.2) is 0 Å². The fourth-order valence-electron chi connectivity index (χ4n) is 1.82. The van der Waals surface area contributed by atoms with Crippen molar-refractivity contribution in [2.24, 2.45) is 0 Å². The number of rotatable bonds is 4. The van der Waals surface area contributed by atoms with E-state index in [0.717, 1.165) is 38.9 Å². The Morgan fingerprint density at radius 1 is 1.60 bits per heavy atom. The van der Waals surface area contributed by atoms with Crippen LogP contribution in [0.1, 0.15) is 32.6 Å². The topological polar surface area (TPSA) is 32.3 Å². The van der Waals surface area contributed by atoms with Crippen molar-refractivity contribution in [3.05, 3.63) is 0 Å². The molecular weight excluding hydrogens is 188 g/mol. The normalized spacial score (nSPS) is 21.1. The third-order valence-corrected chi connectivity index (χ3v) is 2.68. The second-order valence-electron chi connectivity index (χ2n) is 4.11. The molecule has 0 unspecified atom stereocenters. The lowest BCUT2D eigenvalue weighted by Gasteiger charge is -2.32. The highest BCUT2D eigenvalue weighted by Gasteiger charge is 2.19. The average Bonchev–Trinajstić information content (AvgIpc) is 2.24. The van der Waals surface area contributed by atoms with Gasteiger partial charge in [0.15, 0.2) is 0 Å². The Morgan fingerprint density at radius 2 is 2.40 bits per heavy atom. The molecule has 0 aromatic rings. The summed E-state index contributed by atoms with van der Waals surface area (Å²) in [6, 6.07) is 0.424. The van der Waals surface area contributed by atoms with E-state index in [1.54, 1.807) is 0 Å². The van der Waals surface area contributed by atoms with Crippen molar-refractivity contribution in [1.82, 2.24) is 10.2 Å². The van der Waals surface area contributed by atoms with Gasteiger partial charge in [-0.15, -0.1) is 12.3 Å². The predicted molar refractivity (Wildman–Crippen MR) is 61.3 cm³/mol. The maximum atomic E-state index is 11.8. The van der Waals surface area contributed by atoms with E-state index < -0.39 is 0 Å². The number of amides is 1. The van der Waals surface area contributed by atoms with Crippen LogP contribution in [0.2, 0.25) is 0 Å². The van der Waals surface area contributed by atoms with Gasteiger partial charge in [-0.2, -0.15) is 0 Å². The van der Waals surface area contributed by atoms with Crippen LogP contribution in [0.3, 0.4) is 0 Å². The van der Waals surface area contributed by atoms with Gasteiger partial charge < -0.3 is 10.2 Å². The molecule has 0 bridgehead atoms. The van der Waals surface area contributed by atoms with Gasteiger partial charge in [0, 0.05) is 38.5 Å². The number of carbonyl (C=O) groups is 1. The summed E-state index contributed by atoms with van der Waals surface area (Å²) in [5.74, 6) is 2.87. The SMILES string of the molecule is C#CCCCCC(=O)N1CCN[C@@H](C)C1. The first-order chi connectivity index (χ1) is 7.24. The van der Waals surface area contributed by atoms with Crippen molar-refractivity contribution in [2.75, 3.05) is 19.6 Å². The Labute approximate surface area is 92.2 Å². The van der Waals surface area contributed by atoms with Crippen LogP contribution < -0.4 is 5.32 Å². The molecule has 1 heterocycles. The lowest BCUT2D eigenvalue weighted by atomic mass is 10.1. The second kappa shape index (κ2) is 6.47. The molecule has 0 aromatic heterocycles. The molecule has 1 N–H and O–H groups in total. The Hall–Kier alpha value is -1.01. The number of hydrogen-bond acceptors (Lipinski definition) is 2. The monoisotopic (exact) mass is 208 g/mol. The molecule has 0 radical (unpaired) electrons. The van der Waals surface area contributed by atoms with Crippen molar-refractivity contribution >= 4 is 5.91 Å². The fraction of sp³-hybridized carbons (Fsp3) is 0.750. The molecule has 84 valence electrons. The molecule has 3 nitrogen and oxygen atoms in total. The smallest absolute Gasteiger partial charge is 0.222 e. The van der Waals surface area contributed by atoms with Gasteiger partial charge in [-0.25, -0.2) is 0 Å². The molecule has 0 aromatic carbocycles. The fourth-order valence-corrected chi connectivity index (χ4v) is 1.82. The predicted octanol–water partition coefficient (Wildman–Crippen LogP) is 1.00. The van der Waals surface area contributed by atoms with Gasteiger partial charge in [-0.05, 0) is 19.8 Å². The highest BCUT2D eigenvalue weighted by atomic mass is 16.2. The maximum absolute atomic E-state index is 11.8. The molecule has 1 atom stereocenters. The Kier molecular flexibility index (Phi) is 5.20. The van der Waals surface area contributed by atoms with Crippen LogP contribution in [0.4, 0.5) is 0 Å².